The van der Waals surface area contributed by atoms with Crippen LogP contribution in [0.3, 0.4) is 0 Å². The third-order valence-corrected chi connectivity index (χ3v) is 4.39. The zero-order chi connectivity index (χ0) is 15.9. The molecule has 0 saturated heterocycles. The summed E-state index contributed by atoms with van der Waals surface area (Å²) >= 11 is 0. The molecule has 6 nitrogen and oxygen atoms in total. The van der Waals surface area contributed by atoms with E-state index in [2.05, 4.69) is 0 Å². The number of nitrogens with two attached hydrogens (primary N) is 1. The van der Waals surface area contributed by atoms with Gasteiger partial charge in [-0.2, -0.15) is 0 Å². The van der Waals surface area contributed by atoms with E-state index in [9.17, 15) is 8.42 Å². The fourth-order valence-corrected chi connectivity index (χ4v) is 2.70. The fraction of sp³-hybridized carbons (Fsp3) is 0.500. The van der Waals surface area contributed by atoms with E-state index in [1.807, 2.05) is 13.8 Å². The molecule has 118 valence electrons. The highest BCUT2D eigenvalue weighted by Crippen LogP contribution is 2.12. The minimum Gasteiger partial charge on any atom is -0.384 e. The van der Waals surface area contributed by atoms with Crippen molar-refractivity contribution in [3.8, 4) is 0 Å². The highest BCUT2D eigenvalue weighted by atomic mass is 32.2. The molecule has 0 aliphatic carbocycles. The number of ether oxygens (including phenoxy) is 2. The summed E-state index contributed by atoms with van der Waals surface area (Å²) in [5, 5.41) is 7.26. The first-order chi connectivity index (χ1) is 9.83. The van der Waals surface area contributed by atoms with Crippen LogP contribution < -0.4 is 5.73 Å². The Labute approximate surface area is 125 Å². The van der Waals surface area contributed by atoms with Gasteiger partial charge in [-0.15, -0.1) is 0 Å². The van der Waals surface area contributed by atoms with Crippen molar-refractivity contribution in [2.45, 2.75) is 24.8 Å². The average Bonchev–Trinajstić information content (AvgIpc) is 2.42. The van der Waals surface area contributed by atoms with E-state index in [4.69, 9.17) is 20.6 Å². The van der Waals surface area contributed by atoms with Gasteiger partial charge in [0.1, 0.15) is 5.84 Å². The molecule has 0 atom stereocenters. The molecule has 0 heterocycles. The normalized spacial score (nSPS) is 11.8. The van der Waals surface area contributed by atoms with E-state index < -0.39 is 9.84 Å². The van der Waals surface area contributed by atoms with Gasteiger partial charge in [-0.05, 0) is 26.0 Å². The maximum absolute atomic E-state index is 12.1. The number of amidine groups is 1. The third kappa shape index (κ3) is 6.24. The second-order valence-electron chi connectivity index (χ2n) is 4.79. The summed E-state index contributed by atoms with van der Waals surface area (Å²) in [6.45, 7) is 4.80. The molecular formula is C14H22N2O4S. The molecule has 1 rings (SSSR count). The number of rotatable bonds is 9. The molecule has 0 aliphatic rings. The van der Waals surface area contributed by atoms with Crippen LogP contribution in [-0.2, 0) is 19.3 Å². The maximum atomic E-state index is 12.1. The van der Waals surface area contributed by atoms with Crippen molar-refractivity contribution in [2.75, 3.05) is 25.6 Å². The van der Waals surface area contributed by atoms with Gasteiger partial charge in [0.05, 0.1) is 36.6 Å². The van der Waals surface area contributed by atoms with Crippen molar-refractivity contribution < 1.29 is 17.9 Å². The number of sulfone groups is 1. The van der Waals surface area contributed by atoms with Crippen LogP contribution >= 0.6 is 0 Å². The van der Waals surface area contributed by atoms with Gasteiger partial charge in [-0.25, -0.2) is 8.42 Å². The molecule has 0 unspecified atom stereocenters. The van der Waals surface area contributed by atoms with Gasteiger partial charge in [-0.1, -0.05) is 12.1 Å². The van der Waals surface area contributed by atoms with Crippen LogP contribution in [0.4, 0.5) is 0 Å². The highest BCUT2D eigenvalue weighted by Gasteiger charge is 2.14. The Balaban J connectivity index is 2.44. The fourth-order valence-electron chi connectivity index (χ4n) is 1.57. The molecule has 3 N–H and O–H groups in total. The lowest BCUT2D eigenvalue weighted by Gasteiger charge is -2.09. The summed E-state index contributed by atoms with van der Waals surface area (Å²) < 4.78 is 34.6. The van der Waals surface area contributed by atoms with Gasteiger partial charge >= 0.3 is 0 Å². The predicted octanol–water partition coefficient (Wildman–Crippen LogP) is 1.19. The van der Waals surface area contributed by atoms with E-state index in [1.165, 1.54) is 24.3 Å². The monoisotopic (exact) mass is 314 g/mol. The van der Waals surface area contributed by atoms with Gasteiger partial charge in [0, 0.05) is 5.56 Å². The van der Waals surface area contributed by atoms with Crippen LogP contribution in [0, 0.1) is 5.41 Å². The minimum absolute atomic E-state index is 0.0892. The summed E-state index contributed by atoms with van der Waals surface area (Å²) in [6, 6.07) is 5.95. The van der Waals surface area contributed by atoms with Crippen LogP contribution in [0.15, 0.2) is 29.2 Å². The molecule has 1 aromatic rings. The molecular weight excluding hydrogens is 292 g/mol. The average molecular weight is 314 g/mol. The van der Waals surface area contributed by atoms with E-state index in [0.29, 0.717) is 18.8 Å². The van der Waals surface area contributed by atoms with Crippen molar-refractivity contribution in [1.29, 1.82) is 5.41 Å². The molecule has 7 heteroatoms. The lowest BCUT2D eigenvalue weighted by molar-refractivity contribution is 0.0235. The van der Waals surface area contributed by atoms with Crippen LogP contribution in [0.25, 0.3) is 0 Å². The van der Waals surface area contributed by atoms with Crippen molar-refractivity contribution in [3.05, 3.63) is 29.8 Å². The van der Waals surface area contributed by atoms with E-state index in [0.717, 1.165) is 0 Å². The van der Waals surface area contributed by atoms with Crippen LogP contribution in [0.1, 0.15) is 19.4 Å². The van der Waals surface area contributed by atoms with Gasteiger partial charge in [0.25, 0.3) is 0 Å². The second kappa shape index (κ2) is 8.11. The van der Waals surface area contributed by atoms with Crippen molar-refractivity contribution in [3.63, 3.8) is 0 Å². The number of nitrogens with one attached hydrogen (secondary N) is 1. The van der Waals surface area contributed by atoms with Gasteiger partial charge in [0.2, 0.25) is 0 Å². The van der Waals surface area contributed by atoms with Gasteiger partial charge < -0.3 is 15.2 Å². The van der Waals surface area contributed by atoms with E-state index in [1.54, 1.807) is 0 Å². The van der Waals surface area contributed by atoms with Crippen molar-refractivity contribution in [1.82, 2.24) is 0 Å². The maximum Gasteiger partial charge on any atom is 0.180 e. The molecule has 21 heavy (non-hydrogen) atoms. The zero-order valence-electron chi connectivity index (χ0n) is 12.3. The van der Waals surface area contributed by atoms with Crippen LogP contribution in [0.2, 0.25) is 0 Å². The Hall–Kier alpha value is -1.44. The summed E-state index contributed by atoms with van der Waals surface area (Å²) in [5.41, 5.74) is 5.82. The van der Waals surface area contributed by atoms with Gasteiger partial charge in [0.15, 0.2) is 9.84 Å². The van der Waals surface area contributed by atoms with Crippen LogP contribution in [0.5, 0.6) is 0 Å². The number of benzene rings is 1. The minimum atomic E-state index is -3.38. The molecule has 1 aromatic carbocycles. The molecule has 0 radical (unpaired) electrons. The largest absolute Gasteiger partial charge is 0.384 e. The van der Waals surface area contributed by atoms with Crippen molar-refractivity contribution in [2.24, 2.45) is 5.73 Å². The smallest absolute Gasteiger partial charge is 0.180 e. The molecule has 0 aliphatic heterocycles. The number of hydrogen-bond acceptors (Lipinski definition) is 5. The zero-order valence-corrected chi connectivity index (χ0v) is 13.2. The predicted molar refractivity (Wildman–Crippen MR) is 81.4 cm³/mol. The highest BCUT2D eigenvalue weighted by molar-refractivity contribution is 7.91. The standard InChI is InChI=1S/C14H22N2O4S/c1-11(2)20-8-7-19-9-10-21(17,18)13-5-3-12(4-6-13)14(15)16/h3-6,11H,7-10H2,1-2H3,(H3,15,16). The van der Waals surface area contributed by atoms with Gasteiger partial charge in [-0.3, -0.25) is 5.41 Å². The molecule has 0 aromatic heterocycles. The van der Waals surface area contributed by atoms with Crippen LogP contribution in [-0.4, -0.2) is 45.9 Å². The third-order valence-electron chi connectivity index (χ3n) is 2.70. The molecule has 0 saturated carbocycles. The molecule has 0 bridgehead atoms. The summed E-state index contributed by atoms with van der Waals surface area (Å²) in [5.74, 6) is -0.180. The Morgan fingerprint density at radius 1 is 1.19 bits per heavy atom. The number of nitrogen functional groups attached to an aromatic ring is 1. The molecule has 0 fully saturated rings. The first-order valence-corrected chi connectivity index (χ1v) is 8.34. The Bertz CT molecular complexity index is 553. The first-order valence-electron chi connectivity index (χ1n) is 6.69. The van der Waals surface area contributed by atoms with E-state index in [-0.39, 0.29) is 29.2 Å². The number of hydrogen-bond donors (Lipinski definition) is 2. The Morgan fingerprint density at radius 3 is 2.33 bits per heavy atom. The first kappa shape index (κ1) is 17.6. The van der Waals surface area contributed by atoms with E-state index >= 15 is 0 Å². The quantitative estimate of drug-likeness (QED) is 0.405. The lowest BCUT2D eigenvalue weighted by Crippen LogP contribution is -2.16. The SMILES string of the molecule is CC(C)OCCOCCS(=O)(=O)c1ccc(C(=N)N)cc1. The summed E-state index contributed by atoms with van der Waals surface area (Å²) in [7, 11) is -3.38. The Kier molecular flexibility index (Phi) is 6.80. The second-order valence-corrected chi connectivity index (χ2v) is 6.90. The molecule has 0 spiro atoms. The lowest BCUT2D eigenvalue weighted by atomic mass is 10.2. The molecule has 0 amide bonds. The topological polar surface area (TPSA) is 102 Å². The summed E-state index contributed by atoms with van der Waals surface area (Å²) in [6.07, 6.45) is 0.136. The van der Waals surface area contributed by atoms with Crippen molar-refractivity contribution >= 4 is 15.7 Å². The summed E-state index contributed by atoms with van der Waals surface area (Å²) in [4.78, 5) is 0.203. The Morgan fingerprint density at radius 2 is 1.81 bits per heavy atom.